The van der Waals surface area contributed by atoms with Crippen molar-refractivity contribution >= 4 is 6.21 Å². The highest BCUT2D eigenvalue weighted by molar-refractivity contribution is 5.80. The zero-order chi connectivity index (χ0) is 12.0. The minimum absolute atomic E-state index is 0.461. The average molecular weight is 223 g/mol. The molecule has 0 heterocycles. The zero-order valence-electron chi connectivity index (χ0n) is 9.80. The molecule has 0 aromatic heterocycles. The Hall–Kier alpha value is -1.71. The lowest BCUT2D eigenvalue weighted by Crippen LogP contribution is -2.05. The normalized spacial score (nSPS) is 11.0. The smallest absolute Gasteiger partial charge is 0.161 e. The zero-order valence-corrected chi connectivity index (χ0v) is 9.80. The van der Waals surface area contributed by atoms with Crippen molar-refractivity contribution < 1.29 is 14.7 Å². The van der Waals surface area contributed by atoms with Gasteiger partial charge in [-0.15, -0.1) is 0 Å². The second kappa shape index (κ2) is 6.00. The average Bonchev–Trinajstić information content (AvgIpc) is 2.27. The topological polar surface area (TPSA) is 51.0 Å². The highest BCUT2D eigenvalue weighted by Crippen LogP contribution is 2.27. The van der Waals surface area contributed by atoms with Gasteiger partial charge in [-0.1, -0.05) is 19.0 Å². The molecule has 1 N–H and O–H groups in total. The Kier molecular flexibility index (Phi) is 4.64. The third kappa shape index (κ3) is 3.46. The first kappa shape index (κ1) is 12.4. The van der Waals surface area contributed by atoms with Crippen molar-refractivity contribution in [3.8, 4) is 11.5 Å². The second-order valence-electron chi connectivity index (χ2n) is 3.86. The van der Waals surface area contributed by atoms with Crippen molar-refractivity contribution in [3.63, 3.8) is 0 Å². The van der Waals surface area contributed by atoms with Gasteiger partial charge in [0, 0.05) is 5.56 Å². The fourth-order valence-corrected chi connectivity index (χ4v) is 1.21. The lowest BCUT2D eigenvalue weighted by Gasteiger charge is -2.12. The Morgan fingerprint density at radius 2 is 2.12 bits per heavy atom. The van der Waals surface area contributed by atoms with Crippen molar-refractivity contribution in [1.29, 1.82) is 0 Å². The molecule has 16 heavy (non-hydrogen) atoms. The molecule has 0 aliphatic heterocycles. The van der Waals surface area contributed by atoms with Gasteiger partial charge in [-0.3, -0.25) is 0 Å². The fourth-order valence-electron chi connectivity index (χ4n) is 1.21. The van der Waals surface area contributed by atoms with E-state index in [1.165, 1.54) is 6.21 Å². The summed E-state index contributed by atoms with van der Waals surface area (Å²) in [6, 6.07) is 5.37. The maximum Gasteiger partial charge on any atom is 0.161 e. The van der Waals surface area contributed by atoms with Gasteiger partial charge in [0.1, 0.15) is 0 Å². The molecular formula is C12H17NO3. The monoisotopic (exact) mass is 223 g/mol. The van der Waals surface area contributed by atoms with Crippen molar-refractivity contribution in [2.24, 2.45) is 11.1 Å². The Bertz CT molecular complexity index is 361. The van der Waals surface area contributed by atoms with Crippen LogP contribution < -0.4 is 9.47 Å². The van der Waals surface area contributed by atoms with Gasteiger partial charge in [0.25, 0.3) is 0 Å². The third-order valence-electron chi connectivity index (χ3n) is 1.97. The van der Waals surface area contributed by atoms with E-state index >= 15 is 0 Å². The van der Waals surface area contributed by atoms with E-state index in [9.17, 15) is 0 Å². The summed E-state index contributed by atoms with van der Waals surface area (Å²) in [7, 11) is 1.58. The van der Waals surface area contributed by atoms with Gasteiger partial charge < -0.3 is 14.7 Å². The number of hydrogen-bond acceptors (Lipinski definition) is 4. The molecule has 0 bridgehead atoms. The van der Waals surface area contributed by atoms with Gasteiger partial charge in [-0.25, -0.2) is 0 Å². The van der Waals surface area contributed by atoms with Crippen LogP contribution in [0.5, 0.6) is 11.5 Å². The SMILES string of the molecule is COc1cc(C=NO)ccc1OCC(C)C. The van der Waals surface area contributed by atoms with Crippen LogP contribution in [-0.2, 0) is 0 Å². The van der Waals surface area contributed by atoms with E-state index in [-0.39, 0.29) is 0 Å². The summed E-state index contributed by atoms with van der Waals surface area (Å²) in [5, 5.41) is 11.4. The molecule has 0 aliphatic carbocycles. The van der Waals surface area contributed by atoms with Crippen molar-refractivity contribution in [2.45, 2.75) is 13.8 Å². The van der Waals surface area contributed by atoms with E-state index < -0.39 is 0 Å². The van der Waals surface area contributed by atoms with E-state index in [2.05, 4.69) is 19.0 Å². The van der Waals surface area contributed by atoms with Crippen LogP contribution in [0.15, 0.2) is 23.4 Å². The Balaban J connectivity index is 2.84. The summed E-state index contributed by atoms with van der Waals surface area (Å²) >= 11 is 0. The summed E-state index contributed by atoms with van der Waals surface area (Å²) in [6.07, 6.45) is 1.34. The van der Waals surface area contributed by atoms with Gasteiger partial charge in [0.15, 0.2) is 11.5 Å². The molecule has 0 fully saturated rings. The number of hydrogen-bond donors (Lipinski definition) is 1. The van der Waals surface area contributed by atoms with Crippen molar-refractivity contribution in [3.05, 3.63) is 23.8 Å². The first-order chi connectivity index (χ1) is 7.67. The summed E-state index contributed by atoms with van der Waals surface area (Å²) in [5.74, 6) is 1.80. The van der Waals surface area contributed by atoms with Crippen molar-refractivity contribution in [2.75, 3.05) is 13.7 Å². The first-order valence-electron chi connectivity index (χ1n) is 5.15. The number of benzene rings is 1. The third-order valence-corrected chi connectivity index (χ3v) is 1.97. The molecule has 0 unspecified atom stereocenters. The molecule has 88 valence electrons. The number of nitrogens with zero attached hydrogens (tertiary/aromatic N) is 1. The van der Waals surface area contributed by atoms with Crippen LogP contribution in [0.2, 0.25) is 0 Å². The van der Waals surface area contributed by atoms with Crippen LogP contribution >= 0.6 is 0 Å². The van der Waals surface area contributed by atoms with Crippen LogP contribution in [0.4, 0.5) is 0 Å². The molecule has 0 amide bonds. The van der Waals surface area contributed by atoms with Crippen LogP contribution in [0.3, 0.4) is 0 Å². The van der Waals surface area contributed by atoms with Gasteiger partial charge >= 0.3 is 0 Å². The summed E-state index contributed by atoms with van der Waals surface area (Å²) in [4.78, 5) is 0. The second-order valence-corrected chi connectivity index (χ2v) is 3.86. The molecule has 0 spiro atoms. The first-order valence-corrected chi connectivity index (χ1v) is 5.15. The summed E-state index contributed by atoms with van der Waals surface area (Å²) in [6.45, 7) is 4.81. The number of oxime groups is 1. The standard InChI is InChI=1S/C12H17NO3/c1-9(2)8-16-11-5-4-10(7-13-14)6-12(11)15-3/h4-7,9,14H,8H2,1-3H3. The maximum absolute atomic E-state index is 8.43. The molecule has 1 aromatic rings. The van der Waals surface area contributed by atoms with E-state index in [4.69, 9.17) is 14.7 Å². The predicted molar refractivity (Wildman–Crippen MR) is 62.7 cm³/mol. The Morgan fingerprint density at radius 3 is 2.69 bits per heavy atom. The van der Waals surface area contributed by atoms with Gasteiger partial charge in [-0.2, -0.15) is 0 Å². The van der Waals surface area contributed by atoms with E-state index in [0.29, 0.717) is 24.0 Å². The van der Waals surface area contributed by atoms with Crippen molar-refractivity contribution in [1.82, 2.24) is 0 Å². The molecule has 4 heteroatoms. The molecule has 1 aromatic carbocycles. The Morgan fingerprint density at radius 1 is 1.38 bits per heavy atom. The van der Waals surface area contributed by atoms with Crippen LogP contribution in [0.1, 0.15) is 19.4 Å². The van der Waals surface area contributed by atoms with Gasteiger partial charge in [0.05, 0.1) is 19.9 Å². The fraction of sp³-hybridized carbons (Fsp3) is 0.417. The minimum Gasteiger partial charge on any atom is -0.493 e. The molecule has 0 saturated heterocycles. The lowest BCUT2D eigenvalue weighted by molar-refractivity contribution is 0.257. The van der Waals surface area contributed by atoms with Crippen LogP contribution in [-0.4, -0.2) is 25.1 Å². The predicted octanol–water partition coefficient (Wildman–Crippen LogP) is 2.54. The molecule has 0 atom stereocenters. The Labute approximate surface area is 95.5 Å². The number of methoxy groups -OCH3 is 1. The van der Waals surface area contributed by atoms with E-state index in [1.807, 2.05) is 0 Å². The van der Waals surface area contributed by atoms with E-state index in [0.717, 1.165) is 5.56 Å². The molecule has 0 aliphatic rings. The summed E-state index contributed by atoms with van der Waals surface area (Å²) < 4.78 is 10.8. The largest absolute Gasteiger partial charge is 0.493 e. The molecule has 0 radical (unpaired) electrons. The minimum atomic E-state index is 0.461. The maximum atomic E-state index is 8.43. The van der Waals surface area contributed by atoms with Crippen LogP contribution in [0.25, 0.3) is 0 Å². The highest BCUT2D eigenvalue weighted by atomic mass is 16.5. The number of rotatable bonds is 5. The molecule has 4 nitrogen and oxygen atoms in total. The van der Waals surface area contributed by atoms with Gasteiger partial charge in [0.2, 0.25) is 0 Å². The highest BCUT2D eigenvalue weighted by Gasteiger charge is 2.05. The molecule has 1 rings (SSSR count). The lowest BCUT2D eigenvalue weighted by atomic mass is 10.2. The quantitative estimate of drug-likeness (QED) is 0.474. The molecule has 0 saturated carbocycles. The number of ether oxygens (including phenoxy) is 2. The van der Waals surface area contributed by atoms with E-state index in [1.54, 1.807) is 25.3 Å². The van der Waals surface area contributed by atoms with Crippen LogP contribution in [0, 0.1) is 5.92 Å². The van der Waals surface area contributed by atoms with Gasteiger partial charge in [-0.05, 0) is 24.1 Å². The summed E-state index contributed by atoms with van der Waals surface area (Å²) in [5.41, 5.74) is 0.760. The molecular weight excluding hydrogens is 206 g/mol.